The minimum atomic E-state index is -0.185. The predicted octanol–water partition coefficient (Wildman–Crippen LogP) is 3.57. The molecule has 0 bridgehead atoms. The Morgan fingerprint density at radius 2 is 1.96 bits per heavy atom. The van der Waals surface area contributed by atoms with Crippen LogP contribution in [0.15, 0.2) is 47.0 Å². The summed E-state index contributed by atoms with van der Waals surface area (Å²) in [5.41, 5.74) is 3.29. The summed E-state index contributed by atoms with van der Waals surface area (Å²) in [4.78, 5) is 12.3. The Balaban J connectivity index is 1.26. The van der Waals surface area contributed by atoms with Crippen LogP contribution in [0.2, 0.25) is 0 Å². The van der Waals surface area contributed by atoms with Crippen molar-refractivity contribution in [2.75, 3.05) is 12.1 Å². The number of ether oxygens (including phenoxy) is 3. The maximum atomic E-state index is 12.3. The second-order valence-corrected chi connectivity index (χ2v) is 6.93. The van der Waals surface area contributed by atoms with Gasteiger partial charge in [-0.3, -0.25) is 4.79 Å². The first-order chi connectivity index (χ1) is 13.6. The highest BCUT2D eigenvalue weighted by Gasteiger charge is 2.20. The maximum absolute atomic E-state index is 12.3. The van der Waals surface area contributed by atoms with E-state index in [0.29, 0.717) is 28.6 Å². The minimum absolute atomic E-state index is 0.114. The molecule has 0 spiro atoms. The molecular formula is C21H18N2O5. The number of rotatable bonds is 4. The van der Waals surface area contributed by atoms with Gasteiger partial charge in [0.25, 0.3) is 0 Å². The van der Waals surface area contributed by atoms with Crippen LogP contribution in [0.25, 0.3) is 11.3 Å². The van der Waals surface area contributed by atoms with Crippen molar-refractivity contribution >= 4 is 11.6 Å². The summed E-state index contributed by atoms with van der Waals surface area (Å²) < 4.78 is 21.8. The van der Waals surface area contributed by atoms with E-state index >= 15 is 0 Å². The number of hydrogen-bond acceptors (Lipinski definition) is 6. The van der Waals surface area contributed by atoms with Crippen molar-refractivity contribution in [1.82, 2.24) is 5.16 Å². The molecule has 1 amide bonds. The summed E-state index contributed by atoms with van der Waals surface area (Å²) in [5, 5.41) is 6.86. The van der Waals surface area contributed by atoms with E-state index in [1.165, 1.54) is 0 Å². The van der Waals surface area contributed by atoms with Crippen LogP contribution < -0.4 is 19.5 Å². The summed E-state index contributed by atoms with van der Waals surface area (Å²) in [5.74, 6) is 2.66. The van der Waals surface area contributed by atoms with Gasteiger partial charge in [-0.15, -0.1) is 0 Å². The number of amides is 1. The molecule has 1 atom stereocenters. The number of nitrogens with one attached hydrogen (secondary N) is 1. The maximum Gasteiger partial charge on any atom is 0.231 e. The van der Waals surface area contributed by atoms with Gasteiger partial charge in [0, 0.05) is 29.8 Å². The zero-order chi connectivity index (χ0) is 19.1. The number of fused-ring (bicyclic) bond motifs is 2. The van der Waals surface area contributed by atoms with E-state index in [-0.39, 0.29) is 25.2 Å². The molecule has 3 heterocycles. The smallest absolute Gasteiger partial charge is 0.231 e. The van der Waals surface area contributed by atoms with Crippen molar-refractivity contribution in [1.29, 1.82) is 0 Å². The molecule has 1 unspecified atom stereocenters. The van der Waals surface area contributed by atoms with Crippen LogP contribution >= 0.6 is 0 Å². The third-order valence-electron chi connectivity index (χ3n) is 4.74. The van der Waals surface area contributed by atoms with Crippen LogP contribution in [0.3, 0.4) is 0 Å². The van der Waals surface area contributed by atoms with Crippen molar-refractivity contribution in [2.24, 2.45) is 0 Å². The topological polar surface area (TPSA) is 82.8 Å². The highest BCUT2D eigenvalue weighted by Crippen LogP contribution is 2.35. The van der Waals surface area contributed by atoms with Crippen LogP contribution in [0.5, 0.6) is 17.2 Å². The van der Waals surface area contributed by atoms with E-state index in [1.807, 2.05) is 19.1 Å². The fourth-order valence-corrected chi connectivity index (χ4v) is 3.45. The molecule has 7 heteroatoms. The van der Waals surface area contributed by atoms with E-state index in [9.17, 15) is 4.79 Å². The van der Waals surface area contributed by atoms with Crippen LogP contribution in [0.4, 0.5) is 5.69 Å². The van der Waals surface area contributed by atoms with Crippen molar-refractivity contribution in [2.45, 2.75) is 25.9 Å². The van der Waals surface area contributed by atoms with Crippen LogP contribution in [-0.2, 0) is 17.6 Å². The second kappa shape index (κ2) is 6.60. The molecule has 3 aromatic rings. The monoisotopic (exact) mass is 378 g/mol. The molecule has 0 saturated carbocycles. The van der Waals surface area contributed by atoms with Gasteiger partial charge in [0.15, 0.2) is 17.3 Å². The van der Waals surface area contributed by atoms with E-state index in [4.69, 9.17) is 18.7 Å². The number of carbonyl (C=O) groups is 1. The minimum Gasteiger partial charge on any atom is -0.490 e. The molecule has 7 nitrogen and oxygen atoms in total. The molecule has 28 heavy (non-hydrogen) atoms. The highest BCUT2D eigenvalue weighted by atomic mass is 16.7. The lowest BCUT2D eigenvalue weighted by Gasteiger charge is -2.04. The zero-order valence-electron chi connectivity index (χ0n) is 15.2. The van der Waals surface area contributed by atoms with Gasteiger partial charge in [0.1, 0.15) is 11.9 Å². The van der Waals surface area contributed by atoms with Crippen LogP contribution in [0.1, 0.15) is 18.2 Å². The Hall–Kier alpha value is -3.48. The van der Waals surface area contributed by atoms with Crippen LogP contribution in [-0.4, -0.2) is 24.0 Å². The fourth-order valence-electron chi connectivity index (χ4n) is 3.45. The molecule has 2 aliphatic rings. The van der Waals surface area contributed by atoms with Crippen molar-refractivity contribution in [3.63, 3.8) is 0 Å². The molecule has 5 rings (SSSR count). The normalized spacial score (nSPS) is 16.5. The third kappa shape index (κ3) is 3.15. The van der Waals surface area contributed by atoms with Gasteiger partial charge >= 0.3 is 0 Å². The Bertz CT molecular complexity index is 1060. The number of benzene rings is 2. The van der Waals surface area contributed by atoms with E-state index in [0.717, 1.165) is 23.3 Å². The lowest BCUT2D eigenvalue weighted by atomic mass is 10.1. The number of hydrogen-bond donors (Lipinski definition) is 1. The van der Waals surface area contributed by atoms with E-state index in [1.54, 1.807) is 24.3 Å². The first-order valence-corrected chi connectivity index (χ1v) is 9.09. The molecule has 0 fully saturated rings. The molecule has 2 aromatic carbocycles. The van der Waals surface area contributed by atoms with Crippen molar-refractivity contribution in [3.05, 3.63) is 53.7 Å². The van der Waals surface area contributed by atoms with Gasteiger partial charge < -0.3 is 24.1 Å². The zero-order valence-corrected chi connectivity index (χ0v) is 15.2. The SMILES string of the molecule is CC1Cc2cc(-c3cc(CC(=O)Nc4ccc5c(c4)OCO5)no3)ccc2O1. The summed E-state index contributed by atoms with van der Waals surface area (Å²) in [6, 6.07) is 13.0. The van der Waals surface area contributed by atoms with Crippen molar-refractivity contribution < 1.29 is 23.5 Å². The van der Waals surface area contributed by atoms with Crippen LogP contribution in [0, 0.1) is 0 Å². The number of carbonyl (C=O) groups excluding carboxylic acids is 1. The highest BCUT2D eigenvalue weighted by molar-refractivity contribution is 5.92. The Kier molecular flexibility index (Phi) is 3.93. The molecule has 142 valence electrons. The molecule has 0 radical (unpaired) electrons. The summed E-state index contributed by atoms with van der Waals surface area (Å²) in [6.07, 6.45) is 1.18. The molecular weight excluding hydrogens is 360 g/mol. The molecule has 0 saturated heterocycles. The first kappa shape index (κ1) is 16.7. The van der Waals surface area contributed by atoms with Gasteiger partial charge in [-0.05, 0) is 42.8 Å². The van der Waals surface area contributed by atoms with Gasteiger partial charge in [-0.1, -0.05) is 5.16 Å². The Morgan fingerprint density at radius 1 is 1.11 bits per heavy atom. The fraction of sp³-hybridized carbons (Fsp3) is 0.238. The molecule has 1 N–H and O–H groups in total. The number of aromatic nitrogens is 1. The average Bonchev–Trinajstić information content (AvgIpc) is 3.39. The van der Waals surface area contributed by atoms with E-state index in [2.05, 4.69) is 16.5 Å². The van der Waals surface area contributed by atoms with E-state index < -0.39 is 0 Å². The van der Waals surface area contributed by atoms with Gasteiger partial charge in [0.2, 0.25) is 12.7 Å². The Labute approximate surface area is 161 Å². The van der Waals surface area contributed by atoms with Gasteiger partial charge in [-0.25, -0.2) is 0 Å². The molecule has 1 aromatic heterocycles. The second-order valence-electron chi connectivity index (χ2n) is 6.93. The van der Waals surface area contributed by atoms with Gasteiger partial charge in [0.05, 0.1) is 12.1 Å². The number of anilines is 1. The molecule has 0 aliphatic carbocycles. The summed E-state index contributed by atoms with van der Waals surface area (Å²) >= 11 is 0. The summed E-state index contributed by atoms with van der Waals surface area (Å²) in [6.45, 7) is 2.24. The summed E-state index contributed by atoms with van der Waals surface area (Å²) in [7, 11) is 0. The Morgan fingerprint density at radius 3 is 2.89 bits per heavy atom. The van der Waals surface area contributed by atoms with Crippen molar-refractivity contribution in [3.8, 4) is 28.6 Å². The standard InChI is InChI=1S/C21H18N2O5/c1-12-6-14-7-13(2-4-17(14)27-12)19-9-16(23-28-19)10-21(24)22-15-3-5-18-20(8-15)26-11-25-18/h2-5,7-9,12H,6,10-11H2,1H3,(H,22,24). The quantitative estimate of drug-likeness (QED) is 0.747. The lowest BCUT2D eigenvalue weighted by Crippen LogP contribution is -2.14. The number of nitrogens with zero attached hydrogens (tertiary/aromatic N) is 1. The molecule has 2 aliphatic heterocycles. The van der Waals surface area contributed by atoms with Gasteiger partial charge in [-0.2, -0.15) is 0 Å². The largest absolute Gasteiger partial charge is 0.490 e. The third-order valence-corrected chi connectivity index (χ3v) is 4.74. The average molecular weight is 378 g/mol. The lowest BCUT2D eigenvalue weighted by molar-refractivity contribution is -0.115. The predicted molar refractivity (Wildman–Crippen MR) is 101 cm³/mol. The first-order valence-electron chi connectivity index (χ1n) is 9.09.